The van der Waals surface area contributed by atoms with Crippen LogP contribution in [0, 0.1) is 5.92 Å². The van der Waals surface area contributed by atoms with Gasteiger partial charge in [0, 0.05) is 12.5 Å². The Morgan fingerprint density at radius 2 is 2.45 bits per heavy atom. The molecule has 1 nitrogen and oxygen atoms in total. The maximum atomic E-state index is 12.6. The van der Waals surface area contributed by atoms with Crippen LogP contribution in [0.15, 0.2) is 24.1 Å². The molecule has 0 aliphatic heterocycles. The van der Waals surface area contributed by atoms with Crippen molar-refractivity contribution in [3.05, 3.63) is 24.1 Å². The molecule has 0 saturated heterocycles. The van der Waals surface area contributed by atoms with Crippen LogP contribution in [-0.4, -0.2) is 6.04 Å². The number of hydrogen-bond donors (Lipinski definition) is 1. The molecule has 2 atom stereocenters. The minimum atomic E-state index is -0.0376. The van der Waals surface area contributed by atoms with Gasteiger partial charge in [0.15, 0.2) is 0 Å². The van der Waals surface area contributed by atoms with E-state index in [1.807, 2.05) is 19.1 Å². The largest absolute Gasteiger partial charge is 0.327 e. The Labute approximate surface area is 66.8 Å². The average Bonchev–Trinajstić information content (AvgIpc) is 2.13. The third-order valence-corrected chi connectivity index (χ3v) is 1.98. The maximum absolute atomic E-state index is 12.6. The molecule has 1 aliphatic carbocycles. The van der Waals surface area contributed by atoms with Gasteiger partial charge in [0.25, 0.3) is 0 Å². The van der Waals surface area contributed by atoms with E-state index in [1.54, 1.807) is 6.08 Å². The molecule has 1 rings (SSSR count). The second-order valence-electron chi connectivity index (χ2n) is 3.04. The van der Waals surface area contributed by atoms with Gasteiger partial charge in [-0.1, -0.05) is 18.2 Å². The number of allylic oxidation sites excluding steroid dienone is 3. The second kappa shape index (κ2) is 3.67. The lowest BCUT2D eigenvalue weighted by Crippen LogP contribution is -2.24. The molecular formula is C9H14FN. The van der Waals surface area contributed by atoms with Gasteiger partial charge >= 0.3 is 0 Å². The zero-order chi connectivity index (χ0) is 8.27. The van der Waals surface area contributed by atoms with Crippen molar-refractivity contribution in [2.24, 2.45) is 11.7 Å². The predicted molar refractivity (Wildman–Crippen MR) is 44.7 cm³/mol. The van der Waals surface area contributed by atoms with Gasteiger partial charge in [-0.3, -0.25) is 0 Å². The summed E-state index contributed by atoms with van der Waals surface area (Å²) in [6, 6.07) is 0.119. The Kier molecular flexibility index (Phi) is 2.83. The molecule has 0 saturated carbocycles. The van der Waals surface area contributed by atoms with Gasteiger partial charge in [-0.25, -0.2) is 4.39 Å². The summed E-state index contributed by atoms with van der Waals surface area (Å²) >= 11 is 0. The van der Waals surface area contributed by atoms with E-state index in [4.69, 9.17) is 5.73 Å². The fourth-order valence-electron chi connectivity index (χ4n) is 1.17. The van der Waals surface area contributed by atoms with Crippen LogP contribution in [0.5, 0.6) is 0 Å². The quantitative estimate of drug-likeness (QED) is 0.577. The van der Waals surface area contributed by atoms with Crippen molar-refractivity contribution in [2.45, 2.75) is 25.8 Å². The lowest BCUT2D eigenvalue weighted by atomic mass is 9.98. The van der Waals surface area contributed by atoms with Gasteiger partial charge in [0.2, 0.25) is 0 Å². The molecule has 0 aromatic rings. The monoisotopic (exact) mass is 155 g/mol. The van der Waals surface area contributed by atoms with Crippen LogP contribution < -0.4 is 5.73 Å². The minimum absolute atomic E-state index is 0.0376. The number of hydrogen-bond acceptors (Lipinski definition) is 1. The van der Waals surface area contributed by atoms with Crippen LogP contribution in [0.2, 0.25) is 0 Å². The molecule has 0 radical (unpaired) electrons. The van der Waals surface area contributed by atoms with Crippen molar-refractivity contribution in [2.75, 3.05) is 0 Å². The van der Waals surface area contributed by atoms with Gasteiger partial charge in [0.1, 0.15) is 0 Å². The molecule has 62 valence electrons. The molecule has 0 bridgehead atoms. The van der Waals surface area contributed by atoms with Crippen LogP contribution in [0.4, 0.5) is 4.39 Å². The molecule has 0 aromatic carbocycles. The summed E-state index contributed by atoms with van der Waals surface area (Å²) in [5.41, 5.74) is 5.68. The minimum Gasteiger partial charge on any atom is -0.327 e. The van der Waals surface area contributed by atoms with E-state index < -0.39 is 0 Å². The Hall–Kier alpha value is -0.630. The van der Waals surface area contributed by atoms with Crippen LogP contribution in [0.25, 0.3) is 0 Å². The van der Waals surface area contributed by atoms with E-state index in [0.29, 0.717) is 12.3 Å². The van der Waals surface area contributed by atoms with E-state index in [0.717, 1.165) is 6.42 Å². The molecule has 1 unspecified atom stereocenters. The molecule has 11 heavy (non-hydrogen) atoms. The molecule has 0 spiro atoms. The Morgan fingerprint density at radius 1 is 1.73 bits per heavy atom. The summed E-state index contributed by atoms with van der Waals surface area (Å²) in [6.45, 7) is 1.95. The summed E-state index contributed by atoms with van der Waals surface area (Å²) in [7, 11) is 0. The van der Waals surface area contributed by atoms with E-state index in [1.165, 1.54) is 0 Å². The first kappa shape index (κ1) is 8.47. The summed E-state index contributed by atoms with van der Waals surface area (Å²) in [6.07, 6.45) is 6.66. The Balaban J connectivity index is 2.59. The van der Waals surface area contributed by atoms with Crippen molar-refractivity contribution in [3.63, 3.8) is 0 Å². The van der Waals surface area contributed by atoms with E-state index in [2.05, 4.69) is 0 Å². The Morgan fingerprint density at radius 3 is 3.09 bits per heavy atom. The number of halogens is 1. The lowest BCUT2D eigenvalue weighted by molar-refractivity contribution is 0.537. The molecule has 0 aromatic heterocycles. The van der Waals surface area contributed by atoms with Crippen molar-refractivity contribution < 1.29 is 4.39 Å². The third-order valence-electron chi connectivity index (χ3n) is 1.98. The first-order valence-electron chi connectivity index (χ1n) is 3.97. The van der Waals surface area contributed by atoms with Crippen molar-refractivity contribution in [1.29, 1.82) is 0 Å². The zero-order valence-electron chi connectivity index (χ0n) is 6.76. The van der Waals surface area contributed by atoms with E-state index in [-0.39, 0.29) is 11.9 Å². The summed E-state index contributed by atoms with van der Waals surface area (Å²) in [5, 5.41) is 0. The molecule has 2 heteroatoms. The molecule has 0 amide bonds. The van der Waals surface area contributed by atoms with Gasteiger partial charge in [0.05, 0.1) is 5.83 Å². The van der Waals surface area contributed by atoms with Gasteiger partial charge in [-0.15, -0.1) is 0 Å². The van der Waals surface area contributed by atoms with Crippen LogP contribution >= 0.6 is 0 Å². The highest BCUT2D eigenvalue weighted by Gasteiger charge is 2.10. The van der Waals surface area contributed by atoms with Crippen molar-refractivity contribution >= 4 is 0 Å². The Bertz CT molecular complexity index is 182. The van der Waals surface area contributed by atoms with Gasteiger partial charge in [-0.2, -0.15) is 0 Å². The van der Waals surface area contributed by atoms with Crippen LogP contribution in [0.3, 0.4) is 0 Å². The van der Waals surface area contributed by atoms with Crippen molar-refractivity contribution in [3.8, 4) is 0 Å². The summed E-state index contributed by atoms with van der Waals surface area (Å²) in [4.78, 5) is 0. The van der Waals surface area contributed by atoms with E-state index >= 15 is 0 Å². The topological polar surface area (TPSA) is 26.0 Å². The zero-order valence-corrected chi connectivity index (χ0v) is 6.76. The molecule has 0 fully saturated rings. The second-order valence-corrected chi connectivity index (χ2v) is 3.04. The van der Waals surface area contributed by atoms with Crippen LogP contribution in [0.1, 0.15) is 19.8 Å². The first-order valence-corrected chi connectivity index (χ1v) is 3.97. The smallest absolute Gasteiger partial charge is 0.0997 e. The number of rotatable bonds is 1. The third kappa shape index (κ3) is 2.46. The highest BCUT2D eigenvalue weighted by molar-refractivity contribution is 5.08. The molecular weight excluding hydrogens is 141 g/mol. The molecule has 1 aliphatic rings. The summed E-state index contributed by atoms with van der Waals surface area (Å²) in [5.74, 6) is 0.271. The lowest BCUT2D eigenvalue weighted by Gasteiger charge is -2.12. The van der Waals surface area contributed by atoms with Gasteiger partial charge in [-0.05, 0) is 19.3 Å². The summed E-state index contributed by atoms with van der Waals surface area (Å²) < 4.78 is 12.6. The highest BCUT2D eigenvalue weighted by Crippen LogP contribution is 2.18. The predicted octanol–water partition coefficient (Wildman–Crippen LogP) is 2.15. The highest BCUT2D eigenvalue weighted by atomic mass is 19.1. The maximum Gasteiger partial charge on any atom is 0.0997 e. The molecule has 0 heterocycles. The van der Waals surface area contributed by atoms with Gasteiger partial charge < -0.3 is 5.73 Å². The normalized spacial score (nSPS) is 27.5. The molecule has 2 N–H and O–H groups in total. The van der Waals surface area contributed by atoms with E-state index in [9.17, 15) is 4.39 Å². The average molecular weight is 155 g/mol. The number of nitrogens with two attached hydrogens (primary N) is 1. The fraction of sp³-hybridized carbons (Fsp3) is 0.556. The fourth-order valence-corrected chi connectivity index (χ4v) is 1.17. The SMILES string of the molecule is C[C@@H](N)C1C=CCC(F)=CC1. The van der Waals surface area contributed by atoms with Crippen molar-refractivity contribution in [1.82, 2.24) is 0 Å². The van der Waals surface area contributed by atoms with Crippen LogP contribution in [-0.2, 0) is 0 Å². The first-order chi connectivity index (χ1) is 5.20. The standard InChI is InChI=1S/C9H14FN/c1-7(11)8-3-2-4-9(10)6-5-8/h2-3,6-8H,4-5,11H2,1H3/t7-,8?/m1/s1.